The van der Waals surface area contributed by atoms with Gasteiger partial charge in [-0.2, -0.15) is 5.10 Å². The van der Waals surface area contributed by atoms with E-state index in [1.807, 2.05) is 65.4 Å². The second-order valence-corrected chi connectivity index (χ2v) is 9.53. The highest BCUT2D eigenvalue weighted by Crippen LogP contribution is 2.37. The van der Waals surface area contributed by atoms with Gasteiger partial charge in [0.05, 0.1) is 30.2 Å². The van der Waals surface area contributed by atoms with Crippen LogP contribution in [0.15, 0.2) is 67.3 Å². The zero-order valence-corrected chi connectivity index (χ0v) is 21.1. The fourth-order valence-electron chi connectivity index (χ4n) is 4.32. The first-order valence-electron chi connectivity index (χ1n) is 12.5. The molecule has 2 aromatic carbocycles. The summed E-state index contributed by atoms with van der Waals surface area (Å²) in [5, 5.41) is 15.7. The number of ether oxygens (including phenoxy) is 2. The minimum absolute atomic E-state index is 0.217. The van der Waals surface area contributed by atoms with Crippen LogP contribution in [0.4, 0.5) is 0 Å². The van der Waals surface area contributed by atoms with Crippen molar-refractivity contribution in [3.05, 3.63) is 78.5 Å². The van der Waals surface area contributed by atoms with E-state index in [9.17, 15) is 5.11 Å². The predicted molar refractivity (Wildman–Crippen MR) is 140 cm³/mol. The molecule has 186 valence electrons. The summed E-state index contributed by atoms with van der Waals surface area (Å²) in [6.07, 6.45) is 5.34. The Hall–Kier alpha value is -3.09. The summed E-state index contributed by atoms with van der Waals surface area (Å²) >= 11 is 0. The van der Waals surface area contributed by atoms with E-state index in [0.717, 1.165) is 60.0 Å². The summed E-state index contributed by atoms with van der Waals surface area (Å²) < 4.78 is 13.8. The molecule has 0 radical (unpaired) electrons. The number of nitrogens with zero attached hydrogens (tertiary/aromatic N) is 3. The van der Waals surface area contributed by atoms with Gasteiger partial charge in [-0.3, -0.25) is 4.90 Å². The van der Waals surface area contributed by atoms with Gasteiger partial charge in [0.25, 0.3) is 0 Å². The van der Waals surface area contributed by atoms with E-state index in [-0.39, 0.29) is 12.0 Å². The molecule has 1 heterocycles. The number of allylic oxidation sites excluding steroid dienone is 1. The quantitative estimate of drug-likeness (QED) is 0.303. The summed E-state index contributed by atoms with van der Waals surface area (Å²) in [5.41, 5.74) is 2.99. The fraction of sp³-hybridized carbons (Fsp3) is 0.414. The van der Waals surface area contributed by atoms with E-state index >= 15 is 0 Å². The maximum atomic E-state index is 10.7. The second kappa shape index (κ2) is 11.6. The lowest BCUT2D eigenvalue weighted by atomic mass is 10.0. The Kier molecular flexibility index (Phi) is 8.26. The first-order valence-corrected chi connectivity index (χ1v) is 12.5. The number of methoxy groups -OCH3 is 1. The van der Waals surface area contributed by atoms with Gasteiger partial charge in [0.2, 0.25) is 5.88 Å². The van der Waals surface area contributed by atoms with Crippen molar-refractivity contribution in [3.63, 3.8) is 0 Å². The predicted octanol–water partition coefficient (Wildman–Crippen LogP) is 6.09. The Morgan fingerprint density at radius 3 is 2.43 bits per heavy atom. The number of benzene rings is 2. The summed E-state index contributed by atoms with van der Waals surface area (Å²) in [4.78, 5) is 2.40. The van der Waals surface area contributed by atoms with Gasteiger partial charge in [0.15, 0.2) is 0 Å². The van der Waals surface area contributed by atoms with Gasteiger partial charge in [0, 0.05) is 19.1 Å². The SMILES string of the molecule is C=CCCC(O)CN(Cc1c(C(C)C)nn(-c2ccc(OC)cc2)c1Oc1ccccc1)C1CC1. The van der Waals surface area contributed by atoms with Crippen LogP contribution in [0.5, 0.6) is 17.4 Å². The van der Waals surface area contributed by atoms with E-state index in [4.69, 9.17) is 14.6 Å². The number of rotatable bonds is 13. The summed E-state index contributed by atoms with van der Waals surface area (Å²) in [7, 11) is 1.66. The van der Waals surface area contributed by atoms with Crippen molar-refractivity contribution in [2.75, 3.05) is 13.7 Å². The third-order valence-corrected chi connectivity index (χ3v) is 6.36. The Morgan fingerprint density at radius 1 is 1.11 bits per heavy atom. The van der Waals surface area contributed by atoms with E-state index in [1.54, 1.807) is 7.11 Å². The molecule has 0 spiro atoms. The molecule has 0 saturated heterocycles. The van der Waals surface area contributed by atoms with Crippen LogP contribution in [-0.4, -0.2) is 45.6 Å². The average Bonchev–Trinajstić information content (AvgIpc) is 3.66. The Balaban J connectivity index is 1.74. The summed E-state index contributed by atoms with van der Waals surface area (Å²) in [6.45, 7) is 9.43. The maximum absolute atomic E-state index is 10.7. The van der Waals surface area contributed by atoms with Gasteiger partial charge in [-0.15, -0.1) is 6.58 Å². The van der Waals surface area contributed by atoms with Crippen LogP contribution in [0, 0.1) is 0 Å². The third-order valence-electron chi connectivity index (χ3n) is 6.36. The van der Waals surface area contributed by atoms with Crippen molar-refractivity contribution in [2.24, 2.45) is 0 Å². The fourth-order valence-corrected chi connectivity index (χ4v) is 4.32. The smallest absolute Gasteiger partial charge is 0.227 e. The molecule has 1 aromatic heterocycles. The minimum Gasteiger partial charge on any atom is -0.497 e. The molecule has 1 fully saturated rings. The van der Waals surface area contributed by atoms with Gasteiger partial charge in [-0.25, -0.2) is 4.68 Å². The molecule has 0 aliphatic heterocycles. The minimum atomic E-state index is -0.383. The number of hydrogen-bond acceptors (Lipinski definition) is 5. The molecule has 35 heavy (non-hydrogen) atoms. The maximum Gasteiger partial charge on any atom is 0.227 e. The van der Waals surface area contributed by atoms with Crippen LogP contribution in [0.3, 0.4) is 0 Å². The largest absolute Gasteiger partial charge is 0.497 e. The highest BCUT2D eigenvalue weighted by molar-refractivity contribution is 5.46. The molecule has 3 aromatic rings. The van der Waals surface area contributed by atoms with Crippen LogP contribution < -0.4 is 9.47 Å². The Bertz CT molecular complexity index is 1090. The lowest BCUT2D eigenvalue weighted by Crippen LogP contribution is -2.34. The van der Waals surface area contributed by atoms with Gasteiger partial charge in [-0.1, -0.05) is 38.1 Å². The third kappa shape index (κ3) is 6.32. The van der Waals surface area contributed by atoms with Crippen molar-refractivity contribution in [1.82, 2.24) is 14.7 Å². The molecule has 1 atom stereocenters. The van der Waals surface area contributed by atoms with Crippen LogP contribution in [0.2, 0.25) is 0 Å². The van der Waals surface area contributed by atoms with Gasteiger partial charge >= 0.3 is 0 Å². The number of para-hydroxylation sites is 1. The van der Waals surface area contributed by atoms with Crippen LogP contribution in [0.1, 0.15) is 56.7 Å². The normalized spacial score (nSPS) is 14.3. The van der Waals surface area contributed by atoms with Gasteiger partial charge < -0.3 is 14.6 Å². The summed E-state index contributed by atoms with van der Waals surface area (Å²) in [6, 6.07) is 18.2. The molecule has 6 nitrogen and oxygen atoms in total. The molecule has 1 saturated carbocycles. The van der Waals surface area contributed by atoms with E-state index in [0.29, 0.717) is 19.1 Å². The molecule has 1 N–H and O–H groups in total. The zero-order valence-electron chi connectivity index (χ0n) is 21.1. The van der Waals surface area contributed by atoms with E-state index in [1.165, 1.54) is 0 Å². The standard InChI is InChI=1S/C29H37N3O3/c1-5-6-10-24(33)19-31(22-13-14-22)20-27-28(21(2)3)30-32(23-15-17-25(34-4)18-16-23)29(27)35-26-11-8-7-9-12-26/h5,7-9,11-12,15-18,21-22,24,33H,1,6,10,13-14,19-20H2,2-4H3. The number of aliphatic hydroxyl groups excluding tert-OH is 1. The molecule has 0 amide bonds. The van der Waals surface area contributed by atoms with Crippen LogP contribution in [0.25, 0.3) is 5.69 Å². The van der Waals surface area contributed by atoms with Crippen molar-refractivity contribution in [1.29, 1.82) is 0 Å². The first kappa shape index (κ1) is 25.0. The highest BCUT2D eigenvalue weighted by Gasteiger charge is 2.33. The summed E-state index contributed by atoms with van der Waals surface area (Å²) in [5.74, 6) is 2.50. The number of aliphatic hydroxyl groups is 1. The van der Waals surface area contributed by atoms with Crippen molar-refractivity contribution < 1.29 is 14.6 Å². The first-order chi connectivity index (χ1) is 17.0. The highest BCUT2D eigenvalue weighted by atomic mass is 16.5. The lowest BCUT2D eigenvalue weighted by Gasteiger charge is -2.25. The monoisotopic (exact) mass is 475 g/mol. The van der Waals surface area contributed by atoms with Crippen LogP contribution >= 0.6 is 0 Å². The zero-order chi connectivity index (χ0) is 24.8. The van der Waals surface area contributed by atoms with E-state index in [2.05, 4.69) is 25.3 Å². The Labute approximate surface area is 208 Å². The average molecular weight is 476 g/mol. The molecule has 1 aliphatic carbocycles. The molecule has 1 unspecified atom stereocenters. The Morgan fingerprint density at radius 2 is 1.83 bits per heavy atom. The number of aromatic nitrogens is 2. The number of hydrogen-bond donors (Lipinski definition) is 1. The lowest BCUT2D eigenvalue weighted by molar-refractivity contribution is 0.0974. The van der Waals surface area contributed by atoms with Crippen LogP contribution in [-0.2, 0) is 6.54 Å². The molecule has 4 rings (SSSR count). The van der Waals surface area contributed by atoms with Gasteiger partial charge in [-0.05, 0) is 68.0 Å². The van der Waals surface area contributed by atoms with E-state index < -0.39 is 0 Å². The molecular weight excluding hydrogens is 438 g/mol. The van der Waals surface area contributed by atoms with Crippen molar-refractivity contribution >= 4 is 0 Å². The molecular formula is C29H37N3O3. The molecule has 1 aliphatic rings. The van der Waals surface area contributed by atoms with Crippen molar-refractivity contribution in [2.45, 2.75) is 64.1 Å². The van der Waals surface area contributed by atoms with Gasteiger partial charge in [0.1, 0.15) is 11.5 Å². The molecule has 6 heteroatoms. The van der Waals surface area contributed by atoms with Crippen molar-refractivity contribution in [3.8, 4) is 23.1 Å². The topological polar surface area (TPSA) is 59.8 Å². The second-order valence-electron chi connectivity index (χ2n) is 9.53. The molecule has 0 bridgehead atoms.